The third kappa shape index (κ3) is 0.728. The van der Waals surface area contributed by atoms with E-state index in [2.05, 4.69) is 4.74 Å². The normalized spacial score (nSPS) is 39.9. The zero-order valence-corrected chi connectivity index (χ0v) is 6.00. The lowest BCUT2D eigenvalue weighted by Crippen LogP contribution is -2.12. The third-order valence-corrected chi connectivity index (χ3v) is 2.28. The Morgan fingerprint density at radius 2 is 1.73 bits per heavy atom. The Morgan fingerprint density at radius 1 is 1.27 bits per heavy atom. The van der Waals surface area contributed by atoms with E-state index in [0.29, 0.717) is 0 Å². The fourth-order valence-electron chi connectivity index (χ4n) is 1.42. The number of rotatable bonds is 1. The molecular formula is C6H3ClO4. The molecule has 0 radical (unpaired) electrons. The Morgan fingerprint density at radius 3 is 2.00 bits per heavy atom. The second-order valence-electron chi connectivity index (χ2n) is 2.62. The van der Waals surface area contributed by atoms with Gasteiger partial charge in [0.05, 0.1) is 17.8 Å². The zero-order chi connectivity index (χ0) is 8.17. The third-order valence-electron chi connectivity index (χ3n) is 2.03. The maximum absolute atomic E-state index is 10.7. The van der Waals surface area contributed by atoms with Gasteiger partial charge in [-0.2, -0.15) is 0 Å². The molecule has 1 aliphatic carbocycles. The molecule has 1 saturated carbocycles. The number of hydrogen-bond donors (Lipinski definition) is 0. The lowest BCUT2D eigenvalue weighted by atomic mass is 10.3. The highest BCUT2D eigenvalue weighted by molar-refractivity contribution is 6.65. The van der Waals surface area contributed by atoms with E-state index in [1.165, 1.54) is 0 Å². The smallest absolute Gasteiger partial charge is 0.318 e. The van der Waals surface area contributed by atoms with Crippen LogP contribution in [0.3, 0.4) is 0 Å². The van der Waals surface area contributed by atoms with E-state index in [9.17, 15) is 14.4 Å². The van der Waals surface area contributed by atoms with Crippen molar-refractivity contribution in [2.45, 2.75) is 0 Å². The summed E-state index contributed by atoms with van der Waals surface area (Å²) in [6.45, 7) is 0. The van der Waals surface area contributed by atoms with E-state index in [4.69, 9.17) is 11.6 Å². The van der Waals surface area contributed by atoms with E-state index < -0.39 is 34.9 Å². The van der Waals surface area contributed by atoms with Gasteiger partial charge in [0.15, 0.2) is 0 Å². The molecule has 0 spiro atoms. The predicted molar refractivity (Wildman–Crippen MR) is 32.4 cm³/mol. The molecule has 0 bridgehead atoms. The maximum Gasteiger partial charge on any atom is 0.318 e. The van der Waals surface area contributed by atoms with Crippen LogP contribution in [-0.4, -0.2) is 17.2 Å². The SMILES string of the molecule is O=C(Cl)C1[C@@H]2C(=O)OC(=O)[C@@H]12. The molecule has 2 atom stereocenters. The lowest BCUT2D eigenvalue weighted by Gasteiger charge is -1.95. The summed E-state index contributed by atoms with van der Waals surface area (Å²) in [5.41, 5.74) is 0. The van der Waals surface area contributed by atoms with E-state index in [0.717, 1.165) is 0 Å². The average Bonchev–Trinajstić information content (AvgIpc) is 2.53. The Kier molecular flexibility index (Phi) is 1.12. The predicted octanol–water partition coefficient (Wildman–Crippen LogP) is -0.303. The van der Waals surface area contributed by atoms with Gasteiger partial charge >= 0.3 is 11.9 Å². The maximum atomic E-state index is 10.7. The van der Waals surface area contributed by atoms with Crippen molar-refractivity contribution < 1.29 is 19.1 Å². The molecule has 0 aromatic rings. The van der Waals surface area contributed by atoms with Gasteiger partial charge in [0.2, 0.25) is 5.24 Å². The summed E-state index contributed by atoms with van der Waals surface area (Å²) in [6.07, 6.45) is 0. The van der Waals surface area contributed by atoms with E-state index in [-0.39, 0.29) is 0 Å². The van der Waals surface area contributed by atoms with Crippen molar-refractivity contribution in [1.82, 2.24) is 0 Å². The molecule has 0 N–H and O–H groups in total. The zero-order valence-electron chi connectivity index (χ0n) is 5.24. The lowest BCUT2D eigenvalue weighted by molar-refractivity contribution is -0.157. The number of ether oxygens (including phenoxy) is 1. The van der Waals surface area contributed by atoms with Crippen LogP contribution >= 0.6 is 11.6 Å². The summed E-state index contributed by atoms with van der Waals surface area (Å²) >= 11 is 5.11. The largest absolute Gasteiger partial charge is 0.393 e. The Labute approximate surface area is 66.5 Å². The van der Waals surface area contributed by atoms with Crippen molar-refractivity contribution in [3.8, 4) is 0 Å². The topological polar surface area (TPSA) is 60.4 Å². The van der Waals surface area contributed by atoms with Crippen LogP contribution in [0.15, 0.2) is 0 Å². The fraction of sp³-hybridized carbons (Fsp3) is 0.500. The number of halogens is 1. The van der Waals surface area contributed by atoms with Gasteiger partial charge in [-0.05, 0) is 11.6 Å². The molecule has 0 amide bonds. The Balaban J connectivity index is 2.22. The van der Waals surface area contributed by atoms with E-state index >= 15 is 0 Å². The molecule has 2 fully saturated rings. The van der Waals surface area contributed by atoms with Crippen LogP contribution < -0.4 is 0 Å². The van der Waals surface area contributed by atoms with Crippen molar-refractivity contribution in [2.75, 3.05) is 0 Å². The highest BCUT2D eigenvalue weighted by Crippen LogP contribution is 2.53. The van der Waals surface area contributed by atoms with Gasteiger partial charge in [0.25, 0.3) is 0 Å². The second-order valence-corrected chi connectivity index (χ2v) is 2.99. The molecule has 0 aromatic heterocycles. The molecule has 1 heterocycles. The number of cyclic esters (lactones) is 2. The number of carbonyl (C=O) groups excluding carboxylic acids is 3. The minimum Gasteiger partial charge on any atom is -0.393 e. The van der Waals surface area contributed by atoms with Crippen LogP contribution in [0.25, 0.3) is 0 Å². The van der Waals surface area contributed by atoms with Gasteiger partial charge < -0.3 is 4.74 Å². The van der Waals surface area contributed by atoms with Crippen molar-refractivity contribution >= 4 is 28.8 Å². The average molecular weight is 175 g/mol. The van der Waals surface area contributed by atoms with Crippen LogP contribution in [0.5, 0.6) is 0 Å². The summed E-state index contributed by atoms with van der Waals surface area (Å²) in [4.78, 5) is 31.9. The summed E-state index contributed by atoms with van der Waals surface area (Å²) in [5.74, 6) is -2.98. The Hall–Kier alpha value is -0.900. The number of esters is 2. The van der Waals surface area contributed by atoms with Crippen molar-refractivity contribution in [3.63, 3.8) is 0 Å². The van der Waals surface area contributed by atoms with Gasteiger partial charge in [-0.3, -0.25) is 14.4 Å². The first kappa shape index (κ1) is 6.79. The molecule has 4 nitrogen and oxygen atoms in total. The molecule has 0 unspecified atom stereocenters. The van der Waals surface area contributed by atoms with Gasteiger partial charge in [-0.15, -0.1) is 0 Å². The second kappa shape index (κ2) is 1.82. The van der Waals surface area contributed by atoms with Gasteiger partial charge in [-0.25, -0.2) is 0 Å². The van der Waals surface area contributed by atoms with Gasteiger partial charge in [0.1, 0.15) is 0 Å². The molecule has 2 aliphatic rings. The van der Waals surface area contributed by atoms with Crippen LogP contribution in [0, 0.1) is 17.8 Å². The molecule has 5 heteroatoms. The molecule has 11 heavy (non-hydrogen) atoms. The fourth-order valence-corrected chi connectivity index (χ4v) is 1.69. The summed E-state index contributed by atoms with van der Waals surface area (Å²) in [7, 11) is 0. The van der Waals surface area contributed by atoms with Crippen LogP contribution in [0.4, 0.5) is 0 Å². The highest BCUT2D eigenvalue weighted by Gasteiger charge is 2.69. The molecule has 2 rings (SSSR count). The summed E-state index contributed by atoms with van der Waals surface area (Å²) in [5, 5.41) is -0.620. The molecule has 1 saturated heterocycles. The first-order valence-electron chi connectivity index (χ1n) is 3.08. The molecule has 1 aliphatic heterocycles. The molecular weight excluding hydrogens is 172 g/mol. The van der Waals surface area contributed by atoms with Gasteiger partial charge in [-0.1, -0.05) is 0 Å². The van der Waals surface area contributed by atoms with E-state index in [1.54, 1.807) is 0 Å². The number of hydrogen-bond acceptors (Lipinski definition) is 4. The number of fused-ring (bicyclic) bond motifs is 1. The monoisotopic (exact) mass is 174 g/mol. The minimum atomic E-state index is -0.620. The van der Waals surface area contributed by atoms with Crippen LogP contribution in [0.2, 0.25) is 0 Å². The highest BCUT2D eigenvalue weighted by atomic mass is 35.5. The van der Waals surface area contributed by atoms with Crippen LogP contribution in [-0.2, 0) is 19.1 Å². The van der Waals surface area contributed by atoms with E-state index in [1.807, 2.05) is 0 Å². The molecule has 58 valence electrons. The first-order valence-corrected chi connectivity index (χ1v) is 3.45. The minimum absolute atomic E-state index is 0.576. The van der Waals surface area contributed by atoms with Crippen LogP contribution in [0.1, 0.15) is 0 Å². The van der Waals surface area contributed by atoms with Crippen molar-refractivity contribution in [1.29, 1.82) is 0 Å². The first-order chi connectivity index (χ1) is 5.13. The molecule has 0 aromatic carbocycles. The summed E-state index contributed by atoms with van der Waals surface area (Å²) in [6, 6.07) is 0. The van der Waals surface area contributed by atoms with Crippen molar-refractivity contribution in [3.05, 3.63) is 0 Å². The Bertz CT molecular complexity index is 245. The standard InChI is InChI=1S/C6H3ClO4/c7-4(8)1-2-3(1)6(10)11-5(2)9/h1-3H/t2-,3-/m0/s1. The van der Waals surface area contributed by atoms with Crippen molar-refractivity contribution in [2.24, 2.45) is 17.8 Å². The quantitative estimate of drug-likeness (QED) is 0.311. The van der Waals surface area contributed by atoms with Gasteiger partial charge in [0, 0.05) is 0 Å². The number of carbonyl (C=O) groups is 3. The summed E-state index contributed by atoms with van der Waals surface area (Å²) < 4.78 is 4.21.